The lowest BCUT2D eigenvalue weighted by Crippen LogP contribution is -2.02. The molecule has 3 rings (SSSR count). The summed E-state index contributed by atoms with van der Waals surface area (Å²) in [5.41, 5.74) is 7.48. The first-order valence-electron chi connectivity index (χ1n) is 5.28. The fourth-order valence-electron chi connectivity index (χ4n) is 1.82. The van der Waals surface area contributed by atoms with Gasteiger partial charge in [-0.15, -0.1) is 5.10 Å². The lowest BCUT2D eigenvalue weighted by Gasteiger charge is -2.06. The monoisotopic (exact) mass is 225 g/mol. The molecule has 0 radical (unpaired) electrons. The first-order chi connectivity index (χ1) is 8.24. The molecule has 0 bridgehead atoms. The molecule has 84 valence electrons. The second-order valence-corrected chi connectivity index (χ2v) is 3.87. The molecular weight excluding hydrogens is 214 g/mol. The van der Waals surface area contributed by atoms with E-state index in [0.717, 1.165) is 22.3 Å². The zero-order chi connectivity index (χ0) is 11.8. The normalized spacial score (nSPS) is 10.9. The number of nitrogens with zero attached hydrogens (tertiary/aromatic N) is 4. The number of nitrogen functional groups attached to an aromatic ring is 1. The Labute approximate surface area is 97.9 Å². The number of benzene rings is 1. The Balaban J connectivity index is 2.26. The highest BCUT2D eigenvalue weighted by Crippen LogP contribution is 2.18. The number of pyridine rings is 1. The zero-order valence-electron chi connectivity index (χ0n) is 9.33. The Bertz CT molecular complexity index is 686. The molecule has 2 heterocycles. The highest BCUT2D eigenvalue weighted by molar-refractivity contribution is 5.80. The van der Waals surface area contributed by atoms with E-state index in [1.165, 1.54) is 0 Å². The second kappa shape index (κ2) is 3.55. The van der Waals surface area contributed by atoms with Gasteiger partial charge >= 0.3 is 0 Å². The summed E-state index contributed by atoms with van der Waals surface area (Å²) in [7, 11) is 0. The van der Waals surface area contributed by atoms with Crippen molar-refractivity contribution < 1.29 is 0 Å². The summed E-state index contributed by atoms with van der Waals surface area (Å²) in [5.74, 6) is 1.01. The van der Waals surface area contributed by atoms with Crippen LogP contribution in [-0.4, -0.2) is 19.7 Å². The molecule has 17 heavy (non-hydrogen) atoms. The van der Waals surface area contributed by atoms with Gasteiger partial charge in [-0.3, -0.25) is 0 Å². The van der Waals surface area contributed by atoms with Gasteiger partial charge in [0.05, 0.1) is 5.52 Å². The van der Waals surface area contributed by atoms with Crippen molar-refractivity contribution in [2.45, 2.75) is 6.92 Å². The van der Waals surface area contributed by atoms with Crippen LogP contribution in [0, 0.1) is 6.92 Å². The minimum Gasteiger partial charge on any atom is -0.366 e. The van der Waals surface area contributed by atoms with Crippen LogP contribution in [0.25, 0.3) is 16.7 Å². The molecule has 0 aliphatic rings. The number of para-hydroxylation sites is 1. The maximum absolute atomic E-state index is 5.51. The SMILES string of the molecule is Cc1cc2ccccc2nc1-n1cnc(N)n1. The van der Waals surface area contributed by atoms with Gasteiger partial charge in [-0.1, -0.05) is 18.2 Å². The smallest absolute Gasteiger partial charge is 0.239 e. The van der Waals surface area contributed by atoms with Gasteiger partial charge in [0.15, 0.2) is 5.82 Å². The van der Waals surface area contributed by atoms with Crippen molar-refractivity contribution in [1.29, 1.82) is 0 Å². The van der Waals surface area contributed by atoms with E-state index in [2.05, 4.69) is 21.1 Å². The van der Waals surface area contributed by atoms with E-state index in [0.29, 0.717) is 0 Å². The number of nitrogens with two attached hydrogens (primary N) is 1. The van der Waals surface area contributed by atoms with Gasteiger partial charge in [0.2, 0.25) is 5.95 Å². The summed E-state index contributed by atoms with van der Waals surface area (Å²) >= 11 is 0. The average Bonchev–Trinajstić information content (AvgIpc) is 2.75. The molecule has 3 aromatic rings. The summed E-state index contributed by atoms with van der Waals surface area (Å²) in [5, 5.41) is 5.18. The van der Waals surface area contributed by atoms with Gasteiger partial charge < -0.3 is 5.73 Å². The topological polar surface area (TPSA) is 69.6 Å². The molecular formula is C12H11N5. The largest absolute Gasteiger partial charge is 0.366 e. The Hall–Kier alpha value is -2.43. The van der Waals surface area contributed by atoms with Crippen molar-refractivity contribution in [1.82, 2.24) is 19.7 Å². The van der Waals surface area contributed by atoms with Crippen LogP contribution >= 0.6 is 0 Å². The van der Waals surface area contributed by atoms with Gasteiger partial charge in [0.25, 0.3) is 0 Å². The van der Waals surface area contributed by atoms with E-state index < -0.39 is 0 Å². The third-order valence-corrected chi connectivity index (χ3v) is 2.61. The number of anilines is 1. The van der Waals surface area contributed by atoms with E-state index in [-0.39, 0.29) is 5.95 Å². The molecule has 0 saturated carbocycles. The Morgan fingerprint density at radius 1 is 1.24 bits per heavy atom. The Morgan fingerprint density at radius 3 is 2.82 bits per heavy atom. The number of hydrogen-bond donors (Lipinski definition) is 1. The van der Waals surface area contributed by atoms with E-state index in [4.69, 9.17) is 5.73 Å². The summed E-state index contributed by atoms with van der Waals surface area (Å²) < 4.78 is 1.59. The number of aryl methyl sites for hydroxylation is 1. The van der Waals surface area contributed by atoms with Crippen LogP contribution in [0.1, 0.15) is 5.56 Å². The maximum atomic E-state index is 5.51. The lowest BCUT2D eigenvalue weighted by molar-refractivity contribution is 0.846. The van der Waals surface area contributed by atoms with Crippen LogP contribution < -0.4 is 5.73 Å². The lowest BCUT2D eigenvalue weighted by atomic mass is 10.1. The molecule has 5 nitrogen and oxygen atoms in total. The van der Waals surface area contributed by atoms with Crippen molar-refractivity contribution in [3.63, 3.8) is 0 Å². The van der Waals surface area contributed by atoms with Gasteiger partial charge in [-0.2, -0.15) is 0 Å². The molecule has 0 fully saturated rings. The van der Waals surface area contributed by atoms with Crippen LogP contribution in [0.4, 0.5) is 5.95 Å². The van der Waals surface area contributed by atoms with Crippen molar-refractivity contribution in [3.05, 3.63) is 42.2 Å². The van der Waals surface area contributed by atoms with Gasteiger partial charge in [-0.05, 0) is 24.6 Å². The van der Waals surface area contributed by atoms with Crippen LogP contribution in [0.2, 0.25) is 0 Å². The summed E-state index contributed by atoms with van der Waals surface area (Å²) in [6.07, 6.45) is 1.57. The molecule has 0 aliphatic carbocycles. The summed E-state index contributed by atoms with van der Waals surface area (Å²) in [6.45, 7) is 1.99. The molecule has 0 atom stereocenters. The highest BCUT2D eigenvalue weighted by atomic mass is 15.4. The molecule has 2 N–H and O–H groups in total. The fraction of sp³-hybridized carbons (Fsp3) is 0.0833. The number of aromatic nitrogens is 4. The van der Waals surface area contributed by atoms with Crippen molar-refractivity contribution in [2.75, 3.05) is 5.73 Å². The quantitative estimate of drug-likeness (QED) is 0.684. The van der Waals surface area contributed by atoms with E-state index in [1.54, 1.807) is 11.0 Å². The first kappa shape index (κ1) is 9.77. The minimum absolute atomic E-state index is 0.249. The Morgan fingerprint density at radius 2 is 2.06 bits per heavy atom. The van der Waals surface area contributed by atoms with E-state index in [1.807, 2.05) is 31.2 Å². The zero-order valence-corrected chi connectivity index (χ0v) is 9.33. The maximum Gasteiger partial charge on any atom is 0.239 e. The summed E-state index contributed by atoms with van der Waals surface area (Å²) in [6, 6.07) is 10.0. The van der Waals surface area contributed by atoms with Crippen LogP contribution in [0.15, 0.2) is 36.7 Å². The second-order valence-electron chi connectivity index (χ2n) is 3.87. The van der Waals surface area contributed by atoms with E-state index in [9.17, 15) is 0 Å². The minimum atomic E-state index is 0.249. The third kappa shape index (κ3) is 1.61. The summed E-state index contributed by atoms with van der Waals surface area (Å²) in [4.78, 5) is 8.47. The third-order valence-electron chi connectivity index (χ3n) is 2.61. The molecule has 5 heteroatoms. The van der Waals surface area contributed by atoms with Crippen LogP contribution in [-0.2, 0) is 0 Å². The van der Waals surface area contributed by atoms with Crippen molar-refractivity contribution in [3.8, 4) is 5.82 Å². The van der Waals surface area contributed by atoms with Crippen molar-refractivity contribution >= 4 is 16.9 Å². The van der Waals surface area contributed by atoms with Gasteiger partial charge in [0, 0.05) is 5.39 Å². The molecule has 2 aromatic heterocycles. The number of rotatable bonds is 1. The predicted molar refractivity (Wildman–Crippen MR) is 65.8 cm³/mol. The van der Waals surface area contributed by atoms with E-state index >= 15 is 0 Å². The molecule has 0 saturated heterocycles. The molecule has 1 aromatic carbocycles. The first-order valence-corrected chi connectivity index (χ1v) is 5.28. The average molecular weight is 225 g/mol. The standard InChI is InChI=1S/C12H11N5/c1-8-6-9-4-2-3-5-10(9)15-11(8)17-7-14-12(13)16-17/h2-7H,1H3,(H2,13,16). The number of fused-ring (bicyclic) bond motifs is 1. The van der Waals surface area contributed by atoms with Gasteiger partial charge in [-0.25, -0.2) is 14.6 Å². The van der Waals surface area contributed by atoms with Crippen LogP contribution in [0.5, 0.6) is 0 Å². The number of hydrogen-bond acceptors (Lipinski definition) is 4. The molecule has 0 spiro atoms. The predicted octanol–water partition coefficient (Wildman–Crippen LogP) is 1.71. The highest BCUT2D eigenvalue weighted by Gasteiger charge is 2.06. The van der Waals surface area contributed by atoms with Crippen molar-refractivity contribution in [2.24, 2.45) is 0 Å². The molecule has 0 amide bonds. The molecule has 0 aliphatic heterocycles. The fourth-order valence-corrected chi connectivity index (χ4v) is 1.82. The van der Waals surface area contributed by atoms with Gasteiger partial charge in [0.1, 0.15) is 6.33 Å². The molecule has 0 unspecified atom stereocenters. The van der Waals surface area contributed by atoms with Crippen LogP contribution in [0.3, 0.4) is 0 Å². The Kier molecular flexibility index (Phi) is 2.04.